The Morgan fingerprint density at radius 3 is 2.57 bits per heavy atom. The molecule has 0 aliphatic carbocycles. The Labute approximate surface area is 134 Å². The molecule has 1 aromatic heterocycles. The van der Waals surface area contributed by atoms with Crippen LogP contribution in [0.3, 0.4) is 0 Å². The van der Waals surface area contributed by atoms with Gasteiger partial charge in [0.25, 0.3) is 0 Å². The van der Waals surface area contributed by atoms with Gasteiger partial charge in [0.05, 0.1) is 30.3 Å². The molecule has 0 bridgehead atoms. The van der Waals surface area contributed by atoms with Crippen molar-refractivity contribution < 1.29 is 19.2 Å². The van der Waals surface area contributed by atoms with E-state index in [9.17, 15) is 4.79 Å². The van der Waals surface area contributed by atoms with Gasteiger partial charge >= 0.3 is 5.97 Å². The van der Waals surface area contributed by atoms with Crippen LogP contribution in [0.4, 0.5) is 0 Å². The number of hydrogen-bond donors (Lipinski definition) is 0. The average molecular weight is 320 g/mol. The number of oxime groups is 2. The lowest BCUT2D eigenvalue weighted by Gasteiger charge is -2.08. The normalized spacial score (nSPS) is 12.8. The topological polar surface area (TPSA) is 94.7 Å². The summed E-state index contributed by atoms with van der Waals surface area (Å²) in [6.07, 6.45) is 2.92. The maximum atomic E-state index is 11.8. The van der Waals surface area contributed by atoms with E-state index >= 15 is 0 Å². The number of methoxy groups -OCH3 is 1. The third kappa shape index (κ3) is 5.17. The summed E-state index contributed by atoms with van der Waals surface area (Å²) in [7, 11) is 2.58. The molecule has 0 fully saturated rings. The molecule has 0 amide bonds. The van der Waals surface area contributed by atoms with Gasteiger partial charge in [0.1, 0.15) is 7.11 Å². The minimum absolute atomic E-state index is 0.0424. The maximum absolute atomic E-state index is 11.8. The second-order valence-electron chi connectivity index (χ2n) is 4.31. The Hall–Kier alpha value is -2.77. The van der Waals surface area contributed by atoms with Gasteiger partial charge in [-0.25, -0.2) is 4.79 Å². The van der Waals surface area contributed by atoms with E-state index < -0.39 is 5.97 Å². The molecule has 0 aromatic carbocycles. The molecule has 0 atom stereocenters. The summed E-state index contributed by atoms with van der Waals surface area (Å²) < 4.78 is 4.69. The Morgan fingerprint density at radius 2 is 1.96 bits per heavy atom. The molecule has 0 aliphatic rings. The van der Waals surface area contributed by atoms with Crippen LogP contribution in [-0.2, 0) is 14.4 Å². The lowest BCUT2D eigenvalue weighted by molar-refractivity contribution is -0.132. The first-order valence-corrected chi connectivity index (χ1v) is 6.92. The highest BCUT2D eigenvalue weighted by Gasteiger charge is 2.20. The predicted molar refractivity (Wildman–Crippen MR) is 87.2 cm³/mol. The maximum Gasteiger partial charge on any atom is 0.360 e. The third-order valence-corrected chi connectivity index (χ3v) is 2.80. The number of pyridine rings is 1. The zero-order chi connectivity index (χ0) is 17.2. The molecule has 1 heterocycles. The Kier molecular flexibility index (Phi) is 7.38. The fourth-order valence-corrected chi connectivity index (χ4v) is 1.57. The van der Waals surface area contributed by atoms with Gasteiger partial charge < -0.3 is 14.4 Å². The second-order valence-corrected chi connectivity index (χ2v) is 4.31. The van der Waals surface area contributed by atoms with E-state index in [1.165, 1.54) is 26.6 Å². The van der Waals surface area contributed by atoms with Crippen LogP contribution < -0.4 is 4.84 Å². The lowest BCUT2D eigenvalue weighted by Crippen LogP contribution is -2.18. The highest BCUT2D eigenvalue weighted by Crippen LogP contribution is 2.19. The quantitative estimate of drug-likeness (QED) is 0.434. The predicted octanol–water partition coefficient (Wildman–Crippen LogP) is 1.84. The molecule has 1 aromatic rings. The van der Waals surface area contributed by atoms with E-state index in [2.05, 4.69) is 29.9 Å². The van der Waals surface area contributed by atoms with Crippen molar-refractivity contribution in [2.75, 3.05) is 20.8 Å². The summed E-state index contributed by atoms with van der Waals surface area (Å²) >= 11 is 0. The lowest BCUT2D eigenvalue weighted by atomic mass is 10.1. The molecule has 23 heavy (non-hydrogen) atoms. The SMILES string of the molecule is CCN=C(C)/C(C)=N/Oc1cnccc1/C(=N/OC)C(=O)OC. The number of esters is 1. The van der Waals surface area contributed by atoms with Crippen LogP contribution in [0.25, 0.3) is 0 Å². The molecule has 0 aliphatic heterocycles. The number of carbonyl (C=O) groups is 1. The van der Waals surface area contributed by atoms with Gasteiger partial charge in [-0.1, -0.05) is 10.3 Å². The smallest absolute Gasteiger partial charge is 0.360 e. The molecule has 1 rings (SSSR count). The number of nitrogens with zero attached hydrogens (tertiary/aromatic N) is 4. The van der Waals surface area contributed by atoms with Gasteiger partial charge in [-0.2, -0.15) is 0 Å². The van der Waals surface area contributed by atoms with Gasteiger partial charge in [-0.15, -0.1) is 0 Å². The summed E-state index contributed by atoms with van der Waals surface area (Å²) in [5.74, 6) is -0.412. The van der Waals surface area contributed by atoms with Crippen molar-refractivity contribution in [1.29, 1.82) is 0 Å². The minimum Gasteiger partial charge on any atom is -0.464 e. The van der Waals surface area contributed by atoms with Gasteiger partial charge in [0.2, 0.25) is 0 Å². The van der Waals surface area contributed by atoms with Crippen LogP contribution in [0.1, 0.15) is 26.3 Å². The molecular formula is C15H20N4O4. The summed E-state index contributed by atoms with van der Waals surface area (Å²) in [4.78, 5) is 30.1. The molecule has 8 heteroatoms. The number of rotatable bonds is 7. The largest absolute Gasteiger partial charge is 0.464 e. The van der Waals surface area contributed by atoms with Gasteiger partial charge in [-0.05, 0) is 26.8 Å². The molecule has 124 valence electrons. The van der Waals surface area contributed by atoms with Crippen LogP contribution in [0.15, 0.2) is 33.8 Å². The minimum atomic E-state index is -0.660. The highest BCUT2D eigenvalue weighted by atomic mass is 16.6. The molecule has 8 nitrogen and oxygen atoms in total. The van der Waals surface area contributed by atoms with Crippen molar-refractivity contribution >= 4 is 23.1 Å². The summed E-state index contributed by atoms with van der Waals surface area (Å²) in [5.41, 5.74) is 1.69. The molecule has 0 saturated carbocycles. The van der Waals surface area contributed by atoms with Crippen LogP contribution in [0, 0.1) is 0 Å². The van der Waals surface area contributed by atoms with Crippen molar-refractivity contribution in [1.82, 2.24) is 4.98 Å². The van der Waals surface area contributed by atoms with Crippen molar-refractivity contribution in [3.63, 3.8) is 0 Å². The first-order valence-electron chi connectivity index (χ1n) is 6.92. The summed E-state index contributed by atoms with van der Waals surface area (Å²) in [6, 6.07) is 1.56. The van der Waals surface area contributed by atoms with Crippen LogP contribution in [0.2, 0.25) is 0 Å². The van der Waals surface area contributed by atoms with Crippen LogP contribution >= 0.6 is 0 Å². The van der Waals surface area contributed by atoms with E-state index in [-0.39, 0.29) is 11.5 Å². The fraction of sp³-hybridized carbons (Fsp3) is 0.400. The zero-order valence-electron chi connectivity index (χ0n) is 13.9. The van der Waals surface area contributed by atoms with Crippen molar-refractivity contribution in [3.05, 3.63) is 24.0 Å². The van der Waals surface area contributed by atoms with E-state index in [0.717, 1.165) is 5.71 Å². The molecule has 0 unspecified atom stereocenters. The first-order chi connectivity index (χ1) is 11.0. The van der Waals surface area contributed by atoms with E-state index in [0.29, 0.717) is 17.8 Å². The number of aromatic nitrogens is 1. The van der Waals surface area contributed by atoms with Gasteiger partial charge in [0, 0.05) is 12.7 Å². The Balaban J connectivity index is 3.15. The average Bonchev–Trinajstić information content (AvgIpc) is 2.57. The number of hydrogen-bond acceptors (Lipinski definition) is 8. The molecule has 0 spiro atoms. The highest BCUT2D eigenvalue weighted by molar-refractivity contribution is 6.43. The van der Waals surface area contributed by atoms with Gasteiger partial charge in [0.15, 0.2) is 11.5 Å². The first kappa shape index (κ1) is 18.3. The molecule has 0 saturated heterocycles. The Morgan fingerprint density at radius 1 is 1.22 bits per heavy atom. The van der Waals surface area contributed by atoms with Crippen molar-refractivity contribution in [2.45, 2.75) is 20.8 Å². The van der Waals surface area contributed by atoms with Crippen LogP contribution in [-0.4, -0.2) is 48.9 Å². The standard InChI is InChI=1S/C15H20N4O4/c1-6-17-10(2)11(3)18-23-13-9-16-8-7-12(13)14(19-22-5)15(20)21-4/h7-9H,6H2,1-5H3/b17-10?,18-11+,19-14-. The monoisotopic (exact) mass is 320 g/mol. The summed E-state index contributed by atoms with van der Waals surface area (Å²) in [6.45, 7) is 6.20. The second kappa shape index (κ2) is 9.29. The van der Waals surface area contributed by atoms with Crippen LogP contribution in [0.5, 0.6) is 5.75 Å². The van der Waals surface area contributed by atoms with E-state index in [4.69, 9.17) is 4.84 Å². The van der Waals surface area contributed by atoms with Crippen molar-refractivity contribution in [2.24, 2.45) is 15.3 Å². The Bertz CT molecular complexity index is 638. The van der Waals surface area contributed by atoms with Crippen molar-refractivity contribution in [3.8, 4) is 5.75 Å². The molecule has 0 radical (unpaired) electrons. The third-order valence-electron chi connectivity index (χ3n) is 2.80. The number of carbonyl (C=O) groups excluding carboxylic acids is 1. The van der Waals surface area contributed by atoms with E-state index in [1.54, 1.807) is 13.0 Å². The zero-order valence-corrected chi connectivity index (χ0v) is 13.9. The number of ether oxygens (including phenoxy) is 1. The fourth-order valence-electron chi connectivity index (χ4n) is 1.57. The number of aliphatic imine (C=N–C) groups is 1. The summed E-state index contributed by atoms with van der Waals surface area (Å²) in [5, 5.41) is 7.68. The molecule has 0 N–H and O–H groups in total. The van der Waals surface area contributed by atoms with Gasteiger partial charge in [-0.3, -0.25) is 9.98 Å². The van der Waals surface area contributed by atoms with E-state index in [1.807, 2.05) is 13.8 Å². The molecular weight excluding hydrogens is 300 g/mol.